The summed E-state index contributed by atoms with van der Waals surface area (Å²) in [6.45, 7) is 20.0. The molecule has 0 nitrogen and oxygen atoms in total. The summed E-state index contributed by atoms with van der Waals surface area (Å²) in [5.74, 6) is 0. The van der Waals surface area contributed by atoms with Gasteiger partial charge in [0.05, 0.1) is 0 Å². The quantitative estimate of drug-likeness (QED) is 0.273. The monoisotopic (exact) mass is 522 g/mol. The van der Waals surface area contributed by atoms with Crippen molar-refractivity contribution in [2.45, 2.75) is 119 Å². The second-order valence-corrected chi connectivity index (χ2v) is 46.0. The Morgan fingerprint density at radius 2 is 1.30 bits per heavy atom. The Balaban J connectivity index is 1.32. The van der Waals surface area contributed by atoms with E-state index in [1.54, 1.807) is 6.16 Å². The number of hydrogen-bond acceptors (Lipinski definition) is 0. The Bertz CT molecular complexity index is 1610. The Kier molecular flexibility index (Phi) is 1.32. The predicted octanol–water partition coefficient (Wildman–Crippen LogP) is 9.59. The van der Waals surface area contributed by atoms with E-state index < -0.39 is 6.51 Å². The first kappa shape index (κ1) is 18.8. The Morgan fingerprint density at radius 1 is 0.818 bits per heavy atom. The van der Waals surface area contributed by atoms with Crippen LogP contribution in [0.1, 0.15) is 67.9 Å². The van der Waals surface area contributed by atoms with Crippen LogP contribution in [0.25, 0.3) is 0 Å². The third-order valence-corrected chi connectivity index (χ3v) is 71.0. The standard InChI is InChI=1S/C25H39P2.C5H5.Fe/c1-23(2,3)22-20(18-13-11-10-12-14-18)15-19(16-26)21(22)17-27(24(4,5)6)25(7,8)9;1-2-4-5-3-1;/h10-15H,16-17,26H2,1-9H3;1-5H;. The summed E-state index contributed by atoms with van der Waals surface area (Å²) < 4.78 is 3.18. The van der Waals surface area contributed by atoms with E-state index in [4.69, 9.17) is 0 Å². The number of hydrogen-bond donors (Lipinski definition) is 0. The molecular weight excluding hydrogens is 478 g/mol. The summed E-state index contributed by atoms with van der Waals surface area (Å²) in [4.78, 5) is 7.73. The molecule has 6 atom stereocenters. The van der Waals surface area contributed by atoms with Gasteiger partial charge in [-0.3, -0.25) is 0 Å². The van der Waals surface area contributed by atoms with Crippen molar-refractivity contribution in [3.8, 4) is 0 Å². The van der Waals surface area contributed by atoms with Gasteiger partial charge in [-0.2, -0.15) is 0 Å². The molecule has 0 aliphatic carbocycles. The fourth-order valence-electron chi connectivity index (χ4n) is 24.8. The van der Waals surface area contributed by atoms with Crippen LogP contribution < -0.4 is 0 Å². The van der Waals surface area contributed by atoms with Gasteiger partial charge in [-0.25, -0.2) is 0 Å². The average molecular weight is 522 g/mol. The van der Waals surface area contributed by atoms with E-state index in [-0.39, 0.29) is 7.92 Å². The normalized spacial score (nSPS) is 75.7. The second-order valence-electron chi connectivity index (χ2n) is 18.9. The molecule has 182 valence electrons. The molecule has 0 radical (unpaired) electrons. The molecule has 0 N–H and O–H groups in total. The average Bonchev–Trinajstić information content (AvgIpc) is 3.63. The molecule has 33 heavy (non-hydrogen) atoms. The van der Waals surface area contributed by atoms with Crippen LogP contribution in [-0.2, 0) is 10.8 Å². The Hall–Kier alpha value is 0.599. The van der Waals surface area contributed by atoms with Gasteiger partial charge in [-0.1, -0.05) is 0 Å². The first-order valence-corrected chi connectivity index (χ1v) is 22.1. The minimum absolute atomic E-state index is 0.0309. The van der Waals surface area contributed by atoms with Crippen molar-refractivity contribution in [2.75, 3.05) is 12.3 Å². The van der Waals surface area contributed by atoms with Crippen LogP contribution in [0, 0.1) is 5.41 Å². The number of benzene rings is 1. The van der Waals surface area contributed by atoms with E-state index in [0.717, 1.165) is 17.3 Å². The van der Waals surface area contributed by atoms with Crippen molar-refractivity contribution in [1.29, 1.82) is 0 Å². The molecule has 10 aliphatic heterocycles. The van der Waals surface area contributed by atoms with Gasteiger partial charge in [0.2, 0.25) is 0 Å². The zero-order valence-corrected chi connectivity index (χ0v) is 25.3. The number of rotatable bonds is 4. The van der Waals surface area contributed by atoms with E-state index in [1.807, 2.05) is 5.56 Å². The van der Waals surface area contributed by atoms with Crippen LogP contribution >= 0.6 is 17.2 Å². The summed E-state index contributed by atoms with van der Waals surface area (Å²) in [6.07, 6.45) is 3.16. The molecule has 0 aromatic heterocycles. The van der Waals surface area contributed by atoms with Gasteiger partial charge in [-0.15, -0.1) is 0 Å². The summed E-state index contributed by atoms with van der Waals surface area (Å²) >= 11 is 0. The molecule has 11 rings (SSSR count). The molecule has 10 fully saturated rings. The summed E-state index contributed by atoms with van der Waals surface area (Å²) in [6, 6.07) is 12.4. The van der Waals surface area contributed by atoms with Crippen molar-refractivity contribution in [2.24, 2.45) is 5.41 Å². The second kappa shape index (κ2) is 2.31. The fourth-order valence-corrected chi connectivity index (χ4v) is 120. The van der Waals surface area contributed by atoms with Gasteiger partial charge in [0, 0.05) is 0 Å². The third-order valence-electron chi connectivity index (χ3n) is 20.3. The molecule has 3 heteroatoms. The van der Waals surface area contributed by atoms with Crippen molar-refractivity contribution < 1.29 is 6.51 Å². The molecule has 0 saturated carbocycles. The van der Waals surface area contributed by atoms with E-state index in [0.29, 0.717) is 15.7 Å². The molecule has 10 heterocycles. The van der Waals surface area contributed by atoms with Gasteiger partial charge in [0.15, 0.2) is 0 Å². The Morgan fingerprint density at radius 3 is 1.67 bits per heavy atom. The van der Waals surface area contributed by atoms with Gasteiger partial charge in [0.25, 0.3) is 0 Å². The molecule has 0 amide bonds. The van der Waals surface area contributed by atoms with E-state index in [2.05, 4.69) is 102 Å². The van der Waals surface area contributed by atoms with Crippen LogP contribution in [0.3, 0.4) is 0 Å². The zero-order chi connectivity index (χ0) is 23.4. The molecule has 1 aromatic rings. The summed E-state index contributed by atoms with van der Waals surface area (Å²) in [5, 5.41) is 0.909. The SMILES string of the molecule is CC(C)(C)P(C[C]12[C]3(CP)[CH]4[C]5(c6ccccc6)[C]1(C(C)(C)C)[Fe]43521678[CH]2[CH]1[CH]6[CH]7[CH]28)C(C)(C)C. The van der Waals surface area contributed by atoms with Gasteiger partial charge in [-0.05, 0) is 0 Å². The van der Waals surface area contributed by atoms with Crippen LogP contribution in [0.15, 0.2) is 30.3 Å². The molecule has 10 aliphatic rings. The van der Waals surface area contributed by atoms with Crippen LogP contribution in [0.5, 0.6) is 0 Å². The Labute approximate surface area is 195 Å². The topological polar surface area (TPSA) is 0 Å². The minimum atomic E-state index is -3.97. The van der Waals surface area contributed by atoms with E-state index >= 15 is 0 Å². The van der Waals surface area contributed by atoms with Crippen LogP contribution in [0.4, 0.5) is 0 Å². The van der Waals surface area contributed by atoms with Crippen molar-refractivity contribution >= 4 is 17.2 Å². The van der Waals surface area contributed by atoms with E-state index in [9.17, 15) is 0 Å². The first-order valence-electron chi connectivity index (χ1n) is 13.7. The maximum atomic E-state index is 3.45. The van der Waals surface area contributed by atoms with Gasteiger partial charge in [0.1, 0.15) is 0 Å². The zero-order valence-electron chi connectivity index (χ0n) is 22.1. The summed E-state index contributed by atoms with van der Waals surface area (Å²) in [5.41, 5.74) is 2.36. The van der Waals surface area contributed by atoms with Crippen molar-refractivity contribution in [3.63, 3.8) is 0 Å². The van der Waals surface area contributed by atoms with Gasteiger partial charge >= 0.3 is 196 Å². The molecular formula is C30H44FeP2. The molecule has 1 spiro atoms. The molecule has 1 aromatic carbocycles. The number of fused-ring (bicyclic) bond motifs is 10. The van der Waals surface area contributed by atoms with Gasteiger partial charge < -0.3 is 0 Å². The van der Waals surface area contributed by atoms with Crippen LogP contribution in [-0.4, -0.2) is 22.6 Å². The van der Waals surface area contributed by atoms with E-state index in [1.165, 1.54) is 35.1 Å². The first-order chi connectivity index (χ1) is 15.0. The third kappa shape index (κ3) is 0.342. The van der Waals surface area contributed by atoms with Crippen LogP contribution in [0.2, 0.25) is 41.8 Å². The summed E-state index contributed by atoms with van der Waals surface area (Å²) in [7, 11) is 3.42. The predicted molar refractivity (Wildman–Crippen MR) is 144 cm³/mol. The molecule has 6 unspecified atom stereocenters. The fraction of sp³-hybridized carbons (Fsp3) is 0.800. The molecule has 10 saturated heterocycles. The van der Waals surface area contributed by atoms with Crippen molar-refractivity contribution in [1.82, 2.24) is 0 Å². The molecule has 0 bridgehead atoms. The van der Waals surface area contributed by atoms with Crippen molar-refractivity contribution in [3.05, 3.63) is 35.9 Å². The maximum absolute atomic E-state index is 3.97.